The van der Waals surface area contributed by atoms with Gasteiger partial charge in [0.05, 0.1) is 24.2 Å². The molecule has 0 spiro atoms. The number of pyridine rings is 1. The number of hydrogen-bond donors (Lipinski definition) is 0. The molecule has 1 saturated carbocycles. The summed E-state index contributed by atoms with van der Waals surface area (Å²) in [5, 5.41) is -0.0693. The third kappa shape index (κ3) is 4.93. The summed E-state index contributed by atoms with van der Waals surface area (Å²) < 4.78 is 144. The summed E-state index contributed by atoms with van der Waals surface area (Å²) >= 11 is 6.31. The van der Waals surface area contributed by atoms with Crippen molar-refractivity contribution >= 4 is 32.6 Å². The number of alkyl halides is 3. The lowest BCUT2D eigenvalue weighted by Crippen LogP contribution is -2.19. The van der Waals surface area contributed by atoms with Crippen molar-refractivity contribution in [2.45, 2.75) is 23.4 Å². The minimum Gasteiger partial charge on any atom is -0.495 e. The number of methoxy groups -OCH3 is 1. The lowest BCUT2D eigenvalue weighted by Gasteiger charge is -2.17. The van der Waals surface area contributed by atoms with Crippen molar-refractivity contribution in [3.8, 4) is 17.2 Å². The van der Waals surface area contributed by atoms with E-state index in [0.29, 0.717) is 0 Å². The molecule has 0 saturated heterocycles. The van der Waals surface area contributed by atoms with Gasteiger partial charge in [-0.05, 0) is 54.3 Å². The third-order valence-electron chi connectivity index (χ3n) is 6.67. The van der Waals surface area contributed by atoms with Crippen molar-refractivity contribution in [3.05, 3.63) is 92.5 Å². The lowest BCUT2D eigenvalue weighted by atomic mass is 10.1. The molecule has 1 aromatic heterocycles. The van der Waals surface area contributed by atoms with E-state index in [4.69, 9.17) is 16.3 Å². The Morgan fingerprint density at radius 1 is 0.905 bits per heavy atom. The van der Waals surface area contributed by atoms with Crippen LogP contribution < -0.4 is 14.5 Å². The largest absolute Gasteiger partial charge is 0.495 e. The van der Waals surface area contributed by atoms with Crippen LogP contribution in [0.2, 0.25) is 5.02 Å². The average molecular weight is 640 g/mol. The first kappa shape index (κ1) is 29.6. The maximum Gasteiger partial charge on any atom is 0.392 e. The molecule has 0 radical (unpaired) electrons. The molecule has 0 unspecified atom stereocenters. The van der Waals surface area contributed by atoms with Crippen molar-refractivity contribution in [1.82, 2.24) is 4.57 Å². The SMILES string of the molecule is COc1cc([C@@H]2C[C@H]2C(F)(F)F)c(Cl)cc1-n1c(=O)ccc2cc(S(=O)(=O)Oc3c(F)c(F)c(F)c(F)c3F)ccc21. The molecule has 1 fully saturated rings. The average Bonchev–Trinajstić information content (AvgIpc) is 3.74. The molecule has 0 bridgehead atoms. The van der Waals surface area contributed by atoms with Gasteiger partial charge in [0.25, 0.3) is 5.56 Å². The Kier molecular flexibility index (Phi) is 7.16. The molecule has 42 heavy (non-hydrogen) atoms. The van der Waals surface area contributed by atoms with Crippen molar-refractivity contribution in [1.29, 1.82) is 0 Å². The van der Waals surface area contributed by atoms with Crippen LogP contribution in [0.5, 0.6) is 11.5 Å². The smallest absolute Gasteiger partial charge is 0.392 e. The van der Waals surface area contributed by atoms with Gasteiger partial charge in [-0.1, -0.05) is 11.6 Å². The number of halogens is 9. The molecular weight excluding hydrogens is 626 g/mol. The first-order valence-electron chi connectivity index (χ1n) is 11.6. The molecule has 16 heteroatoms. The molecule has 3 aromatic carbocycles. The van der Waals surface area contributed by atoms with Crippen molar-refractivity contribution in [2.24, 2.45) is 5.92 Å². The van der Waals surface area contributed by atoms with Gasteiger partial charge < -0.3 is 8.92 Å². The normalized spacial score (nSPS) is 17.0. The maximum absolute atomic E-state index is 14.0. The van der Waals surface area contributed by atoms with Gasteiger partial charge in [-0.3, -0.25) is 9.36 Å². The van der Waals surface area contributed by atoms with Crippen molar-refractivity contribution in [2.75, 3.05) is 7.11 Å². The monoisotopic (exact) mass is 639 g/mol. The molecule has 0 N–H and O–H groups in total. The van der Waals surface area contributed by atoms with Crippen LogP contribution in [0.1, 0.15) is 17.9 Å². The highest BCUT2D eigenvalue weighted by atomic mass is 35.5. The zero-order valence-electron chi connectivity index (χ0n) is 20.7. The van der Waals surface area contributed by atoms with Crippen LogP contribution in [0.25, 0.3) is 16.6 Å². The predicted molar refractivity (Wildman–Crippen MR) is 132 cm³/mol. The summed E-state index contributed by atoms with van der Waals surface area (Å²) in [7, 11) is -3.98. The maximum atomic E-state index is 14.0. The van der Waals surface area contributed by atoms with E-state index in [0.717, 1.165) is 28.8 Å². The zero-order chi connectivity index (χ0) is 30.9. The Hall–Kier alpha value is -3.85. The quantitative estimate of drug-likeness (QED) is 0.101. The van der Waals surface area contributed by atoms with E-state index in [2.05, 4.69) is 4.18 Å². The third-order valence-corrected chi connectivity index (χ3v) is 8.21. The molecule has 4 aromatic rings. The van der Waals surface area contributed by atoms with E-state index in [1.807, 2.05) is 0 Å². The fraction of sp³-hybridized carbons (Fsp3) is 0.192. The van der Waals surface area contributed by atoms with Crippen molar-refractivity contribution in [3.63, 3.8) is 0 Å². The number of aromatic nitrogens is 1. The van der Waals surface area contributed by atoms with Crippen LogP contribution in [-0.2, 0) is 10.1 Å². The van der Waals surface area contributed by atoms with Gasteiger partial charge in [-0.2, -0.15) is 30.4 Å². The van der Waals surface area contributed by atoms with E-state index in [9.17, 15) is 48.3 Å². The molecule has 6 nitrogen and oxygen atoms in total. The van der Waals surface area contributed by atoms with Gasteiger partial charge in [0, 0.05) is 16.5 Å². The van der Waals surface area contributed by atoms with E-state index in [1.54, 1.807) is 0 Å². The Morgan fingerprint density at radius 3 is 2.10 bits per heavy atom. The Balaban J connectivity index is 1.58. The first-order valence-corrected chi connectivity index (χ1v) is 13.4. The number of fused-ring (bicyclic) bond motifs is 1. The fourth-order valence-corrected chi connectivity index (χ4v) is 5.79. The molecule has 0 amide bonds. The van der Waals surface area contributed by atoms with Crippen LogP contribution in [0.4, 0.5) is 35.1 Å². The van der Waals surface area contributed by atoms with E-state index in [1.165, 1.54) is 25.3 Å². The Bertz CT molecular complexity index is 1920. The minimum absolute atomic E-state index is 0.000629. The van der Waals surface area contributed by atoms with Gasteiger partial charge in [0.15, 0.2) is 0 Å². The number of benzene rings is 3. The van der Waals surface area contributed by atoms with Crippen LogP contribution >= 0.6 is 11.6 Å². The van der Waals surface area contributed by atoms with Crippen LogP contribution in [-0.4, -0.2) is 26.3 Å². The standard InChI is InChI=1S/C26H14ClF8NO5S/c1-40-18-8-13(12-7-14(12)26(33,34)35)15(27)9-17(18)36-16-4-3-11(6-10(16)2-5-19(36)37)42(38,39)41-25-23(31)21(29)20(28)22(30)24(25)32/h2-6,8-9,12,14H,7H2,1H3/t12-,14+/m0/s1. The van der Waals surface area contributed by atoms with Gasteiger partial charge in [-0.25, -0.2) is 13.2 Å². The second-order valence-corrected chi connectivity index (χ2v) is 11.2. The fourth-order valence-electron chi connectivity index (χ4n) is 4.53. The van der Waals surface area contributed by atoms with Crippen LogP contribution in [0, 0.1) is 35.0 Å². The lowest BCUT2D eigenvalue weighted by molar-refractivity contribution is -0.148. The Morgan fingerprint density at radius 2 is 1.52 bits per heavy atom. The molecule has 5 rings (SSSR count). The summed E-state index contributed by atoms with van der Waals surface area (Å²) in [6.45, 7) is 0. The van der Waals surface area contributed by atoms with Crippen LogP contribution in [0.15, 0.2) is 52.2 Å². The van der Waals surface area contributed by atoms with Gasteiger partial charge >= 0.3 is 16.3 Å². The van der Waals surface area contributed by atoms with Gasteiger partial charge in [0.1, 0.15) is 10.6 Å². The van der Waals surface area contributed by atoms with Gasteiger partial charge in [0.2, 0.25) is 34.8 Å². The van der Waals surface area contributed by atoms with Gasteiger partial charge in [-0.15, -0.1) is 0 Å². The summed E-state index contributed by atoms with van der Waals surface area (Å²) in [4.78, 5) is 12.1. The van der Waals surface area contributed by atoms with Crippen molar-refractivity contribution < 1.29 is 52.5 Å². The van der Waals surface area contributed by atoms with E-state index in [-0.39, 0.29) is 39.3 Å². The molecule has 1 heterocycles. The number of hydrogen-bond acceptors (Lipinski definition) is 5. The molecule has 2 atom stereocenters. The first-order chi connectivity index (χ1) is 19.6. The number of nitrogens with zero attached hydrogens (tertiary/aromatic N) is 1. The molecule has 222 valence electrons. The zero-order valence-corrected chi connectivity index (χ0v) is 22.3. The molecule has 1 aliphatic rings. The molecule has 0 aliphatic heterocycles. The highest BCUT2D eigenvalue weighted by Gasteiger charge is 2.56. The summed E-state index contributed by atoms with van der Waals surface area (Å²) in [5.41, 5.74) is -0.497. The van der Waals surface area contributed by atoms with Crippen LogP contribution in [0.3, 0.4) is 0 Å². The topological polar surface area (TPSA) is 74.6 Å². The number of ether oxygens (including phenoxy) is 1. The highest BCUT2D eigenvalue weighted by Crippen LogP contribution is 2.58. The van der Waals surface area contributed by atoms with E-state index < -0.39 is 73.4 Å². The second kappa shape index (κ2) is 10.2. The molecule has 1 aliphatic carbocycles. The molecular formula is C26H14ClF8NO5S. The second-order valence-electron chi connectivity index (χ2n) is 9.20. The summed E-state index contributed by atoms with van der Waals surface area (Å²) in [6.07, 6.45) is -4.60. The van der Waals surface area contributed by atoms with E-state index >= 15 is 0 Å². The highest BCUT2D eigenvalue weighted by molar-refractivity contribution is 7.87. The minimum atomic E-state index is -5.19. The number of rotatable bonds is 6. The summed E-state index contributed by atoms with van der Waals surface area (Å²) in [6, 6.07) is 7.48. The predicted octanol–water partition coefficient (Wildman–Crippen LogP) is 6.78. The Labute approximate surface area is 235 Å². The summed E-state index contributed by atoms with van der Waals surface area (Å²) in [5.74, 6) is -16.9.